The molecule has 0 radical (unpaired) electrons. The monoisotopic (exact) mass is 416 g/mol. The first-order valence-corrected chi connectivity index (χ1v) is 9.25. The van der Waals surface area contributed by atoms with E-state index in [0.717, 1.165) is 23.9 Å². The third-order valence-corrected chi connectivity index (χ3v) is 4.54. The lowest BCUT2D eigenvalue weighted by molar-refractivity contribution is -0.137. The molecule has 28 heavy (non-hydrogen) atoms. The summed E-state index contributed by atoms with van der Waals surface area (Å²) in [6.07, 6.45) is -3.10. The SMILES string of the molecule is CCNC(=O)Cn1c(CO)cnc1SCC(=O)Nc1cccc(C(F)(F)F)c1. The smallest absolute Gasteiger partial charge is 0.390 e. The lowest BCUT2D eigenvalue weighted by Crippen LogP contribution is -2.28. The van der Waals surface area contributed by atoms with Crippen molar-refractivity contribution in [3.05, 3.63) is 41.7 Å². The maximum absolute atomic E-state index is 12.7. The minimum Gasteiger partial charge on any atom is -0.390 e. The number of amides is 2. The Bertz CT molecular complexity index is 839. The number of imidazole rings is 1. The standard InChI is InChI=1S/C17H19F3N4O3S/c1-2-21-14(26)8-24-13(9-25)7-22-16(24)28-10-15(27)23-12-5-3-4-11(6-12)17(18,19)20/h3-7,25H,2,8-10H2,1H3,(H,21,26)(H,23,27). The number of thioether (sulfide) groups is 1. The zero-order chi connectivity index (χ0) is 20.7. The van der Waals surface area contributed by atoms with Crippen molar-refractivity contribution in [2.24, 2.45) is 0 Å². The highest BCUT2D eigenvalue weighted by Gasteiger charge is 2.30. The molecule has 1 aromatic carbocycles. The highest BCUT2D eigenvalue weighted by molar-refractivity contribution is 7.99. The van der Waals surface area contributed by atoms with E-state index in [2.05, 4.69) is 15.6 Å². The first-order valence-electron chi connectivity index (χ1n) is 8.26. The predicted molar refractivity (Wildman–Crippen MR) is 97.6 cm³/mol. The molecule has 0 atom stereocenters. The average molecular weight is 416 g/mol. The number of carbonyl (C=O) groups excluding carboxylic acids is 2. The molecule has 0 bridgehead atoms. The number of likely N-dealkylation sites (N-methyl/N-ethyl adjacent to an activating group) is 1. The molecule has 7 nitrogen and oxygen atoms in total. The zero-order valence-electron chi connectivity index (χ0n) is 14.9. The molecule has 0 aliphatic rings. The van der Waals surface area contributed by atoms with E-state index in [1.54, 1.807) is 6.92 Å². The van der Waals surface area contributed by atoms with Crippen LogP contribution in [0.1, 0.15) is 18.2 Å². The van der Waals surface area contributed by atoms with Gasteiger partial charge in [-0.2, -0.15) is 13.2 Å². The van der Waals surface area contributed by atoms with Crippen LogP contribution in [0.4, 0.5) is 18.9 Å². The lowest BCUT2D eigenvalue weighted by Gasteiger charge is -2.11. The number of nitrogens with zero attached hydrogens (tertiary/aromatic N) is 2. The molecule has 0 saturated carbocycles. The summed E-state index contributed by atoms with van der Waals surface area (Å²) in [6.45, 7) is 1.82. The molecule has 0 aliphatic heterocycles. The number of hydrogen-bond acceptors (Lipinski definition) is 5. The summed E-state index contributed by atoms with van der Waals surface area (Å²) in [7, 11) is 0. The van der Waals surface area contributed by atoms with Crippen molar-refractivity contribution in [2.45, 2.75) is 31.4 Å². The normalized spacial score (nSPS) is 11.3. The van der Waals surface area contributed by atoms with E-state index in [1.165, 1.54) is 22.9 Å². The Morgan fingerprint density at radius 2 is 2.04 bits per heavy atom. The summed E-state index contributed by atoms with van der Waals surface area (Å²) in [5.41, 5.74) is -0.419. The van der Waals surface area contributed by atoms with Crippen LogP contribution in [0.2, 0.25) is 0 Å². The molecule has 0 fully saturated rings. The number of aliphatic hydroxyl groups is 1. The van der Waals surface area contributed by atoms with Gasteiger partial charge in [0.25, 0.3) is 0 Å². The minimum absolute atomic E-state index is 0.0298. The van der Waals surface area contributed by atoms with Gasteiger partial charge in [0, 0.05) is 12.2 Å². The van der Waals surface area contributed by atoms with Crippen LogP contribution in [0, 0.1) is 0 Å². The first-order chi connectivity index (χ1) is 13.2. The fraction of sp³-hybridized carbons (Fsp3) is 0.353. The molecule has 2 rings (SSSR count). The van der Waals surface area contributed by atoms with Crippen LogP contribution in [0.3, 0.4) is 0 Å². The van der Waals surface area contributed by atoms with E-state index >= 15 is 0 Å². The second-order valence-electron chi connectivity index (χ2n) is 5.65. The molecular weight excluding hydrogens is 397 g/mol. The molecule has 0 aliphatic carbocycles. The number of halogens is 3. The number of alkyl halides is 3. The summed E-state index contributed by atoms with van der Waals surface area (Å²) in [5, 5.41) is 14.7. The Hall–Kier alpha value is -2.53. The third kappa shape index (κ3) is 5.99. The van der Waals surface area contributed by atoms with Crippen LogP contribution in [-0.2, 0) is 28.9 Å². The summed E-state index contributed by atoms with van der Waals surface area (Å²) in [6, 6.07) is 4.33. The topological polar surface area (TPSA) is 96.2 Å². The van der Waals surface area contributed by atoms with Gasteiger partial charge in [0.05, 0.1) is 29.8 Å². The highest BCUT2D eigenvalue weighted by atomic mass is 32.2. The quantitative estimate of drug-likeness (QED) is 0.574. The maximum Gasteiger partial charge on any atom is 0.416 e. The molecular formula is C17H19F3N4O3S. The molecule has 0 unspecified atom stereocenters. The van der Waals surface area contributed by atoms with Crippen molar-refractivity contribution in [3.8, 4) is 0 Å². The Morgan fingerprint density at radius 3 is 2.68 bits per heavy atom. The fourth-order valence-electron chi connectivity index (χ4n) is 2.30. The predicted octanol–water partition coefficient (Wildman–Crippen LogP) is 2.26. The number of carbonyl (C=O) groups is 2. The number of hydrogen-bond donors (Lipinski definition) is 3. The molecule has 2 aromatic rings. The van der Waals surface area contributed by atoms with Crippen molar-refractivity contribution in [3.63, 3.8) is 0 Å². The van der Waals surface area contributed by atoms with E-state index in [4.69, 9.17) is 0 Å². The van der Waals surface area contributed by atoms with Gasteiger partial charge in [0.1, 0.15) is 6.54 Å². The van der Waals surface area contributed by atoms with E-state index < -0.39 is 17.6 Å². The molecule has 1 heterocycles. The largest absolute Gasteiger partial charge is 0.416 e. The van der Waals surface area contributed by atoms with Gasteiger partial charge in [0.15, 0.2) is 5.16 Å². The Labute approximate surface area is 163 Å². The van der Waals surface area contributed by atoms with Crippen molar-refractivity contribution in [1.29, 1.82) is 0 Å². The average Bonchev–Trinajstić information content (AvgIpc) is 3.01. The fourth-order valence-corrected chi connectivity index (χ4v) is 3.10. The Kier molecular flexibility index (Phi) is 7.46. The highest BCUT2D eigenvalue weighted by Crippen LogP contribution is 2.30. The van der Waals surface area contributed by atoms with Crippen LogP contribution in [0.15, 0.2) is 35.6 Å². The van der Waals surface area contributed by atoms with Gasteiger partial charge in [-0.3, -0.25) is 9.59 Å². The van der Waals surface area contributed by atoms with Crippen LogP contribution in [0.25, 0.3) is 0 Å². The van der Waals surface area contributed by atoms with Gasteiger partial charge >= 0.3 is 6.18 Å². The summed E-state index contributed by atoms with van der Waals surface area (Å²) in [5.74, 6) is -0.930. The molecule has 152 valence electrons. The van der Waals surface area contributed by atoms with Crippen molar-refractivity contribution in [1.82, 2.24) is 14.9 Å². The lowest BCUT2D eigenvalue weighted by atomic mass is 10.2. The molecule has 1 aromatic heterocycles. The number of anilines is 1. The third-order valence-electron chi connectivity index (χ3n) is 3.55. The Morgan fingerprint density at radius 1 is 1.29 bits per heavy atom. The van der Waals surface area contributed by atoms with E-state index in [9.17, 15) is 27.9 Å². The van der Waals surface area contributed by atoms with Crippen LogP contribution in [0.5, 0.6) is 0 Å². The summed E-state index contributed by atoms with van der Waals surface area (Å²) in [4.78, 5) is 28.0. The number of nitrogens with one attached hydrogen (secondary N) is 2. The number of benzene rings is 1. The van der Waals surface area contributed by atoms with E-state index in [0.29, 0.717) is 17.4 Å². The van der Waals surface area contributed by atoms with Gasteiger partial charge in [-0.1, -0.05) is 17.8 Å². The van der Waals surface area contributed by atoms with E-state index in [1.807, 2.05) is 0 Å². The molecule has 3 N–H and O–H groups in total. The second kappa shape index (κ2) is 9.60. The van der Waals surface area contributed by atoms with Gasteiger partial charge in [0.2, 0.25) is 11.8 Å². The maximum atomic E-state index is 12.7. The summed E-state index contributed by atoms with van der Waals surface area (Å²) < 4.78 is 39.7. The van der Waals surface area contributed by atoms with Crippen molar-refractivity contribution >= 4 is 29.3 Å². The molecule has 0 spiro atoms. The van der Waals surface area contributed by atoms with Crippen LogP contribution >= 0.6 is 11.8 Å². The van der Waals surface area contributed by atoms with Gasteiger partial charge in [-0.05, 0) is 25.1 Å². The van der Waals surface area contributed by atoms with Gasteiger partial charge in [-0.15, -0.1) is 0 Å². The number of aliphatic hydroxyl groups excluding tert-OH is 1. The second-order valence-corrected chi connectivity index (χ2v) is 6.59. The zero-order valence-corrected chi connectivity index (χ0v) is 15.7. The molecule has 2 amide bonds. The van der Waals surface area contributed by atoms with Crippen LogP contribution in [-0.4, -0.2) is 38.8 Å². The Balaban J connectivity index is 2.01. The number of rotatable bonds is 8. The van der Waals surface area contributed by atoms with E-state index in [-0.39, 0.29) is 30.5 Å². The summed E-state index contributed by atoms with van der Waals surface area (Å²) >= 11 is 1.01. The van der Waals surface area contributed by atoms with Gasteiger partial charge in [-0.25, -0.2) is 4.98 Å². The first kappa shape index (κ1) is 21.8. The van der Waals surface area contributed by atoms with Crippen LogP contribution < -0.4 is 10.6 Å². The molecule has 0 saturated heterocycles. The van der Waals surface area contributed by atoms with Crippen molar-refractivity contribution < 1.29 is 27.9 Å². The van der Waals surface area contributed by atoms with Gasteiger partial charge < -0.3 is 20.3 Å². The minimum atomic E-state index is -4.50. The molecule has 11 heteroatoms. The number of aromatic nitrogens is 2. The van der Waals surface area contributed by atoms with Crippen molar-refractivity contribution in [2.75, 3.05) is 17.6 Å².